The van der Waals surface area contributed by atoms with E-state index in [1.165, 1.54) is 12.1 Å². The summed E-state index contributed by atoms with van der Waals surface area (Å²) in [6.45, 7) is 3.17. The summed E-state index contributed by atoms with van der Waals surface area (Å²) in [6.07, 6.45) is 0. The van der Waals surface area contributed by atoms with Crippen molar-refractivity contribution in [1.82, 2.24) is 4.90 Å². The minimum absolute atomic E-state index is 0.108. The van der Waals surface area contributed by atoms with Crippen LogP contribution in [0.25, 0.3) is 0 Å². The number of benzene rings is 1. The number of nitrogens with zero attached hydrogens (tertiary/aromatic N) is 1. The van der Waals surface area contributed by atoms with Crippen molar-refractivity contribution in [3.05, 3.63) is 57.5 Å². The van der Waals surface area contributed by atoms with Crippen molar-refractivity contribution in [2.24, 2.45) is 0 Å². The molecule has 5 heteroatoms. The Morgan fingerprint density at radius 2 is 2.19 bits per heavy atom. The third kappa shape index (κ3) is 4.12. The van der Waals surface area contributed by atoms with Gasteiger partial charge in [-0.05, 0) is 42.1 Å². The van der Waals surface area contributed by atoms with Crippen LogP contribution in [0.5, 0.6) is 0 Å². The lowest BCUT2D eigenvalue weighted by Crippen LogP contribution is -2.33. The molecule has 1 amide bonds. The topological polar surface area (TPSA) is 29.5 Å². The summed E-state index contributed by atoms with van der Waals surface area (Å²) < 4.78 is 18.4. The zero-order valence-electron chi connectivity index (χ0n) is 12.1. The number of hydrogen-bond acceptors (Lipinski definition) is 3. The Labute approximate surface area is 128 Å². The molecular weight excluding hydrogens is 289 g/mol. The zero-order valence-corrected chi connectivity index (χ0v) is 13.0. The average molecular weight is 307 g/mol. The highest BCUT2D eigenvalue weighted by molar-refractivity contribution is 7.09. The molecule has 0 aliphatic rings. The minimum Gasteiger partial charge on any atom is -0.383 e. The quantitative estimate of drug-likeness (QED) is 0.817. The Hall–Kier alpha value is -1.72. The largest absolute Gasteiger partial charge is 0.383 e. The van der Waals surface area contributed by atoms with Crippen molar-refractivity contribution in [2.45, 2.75) is 13.5 Å². The fourth-order valence-electron chi connectivity index (χ4n) is 2.00. The lowest BCUT2D eigenvalue weighted by Gasteiger charge is -2.22. The van der Waals surface area contributed by atoms with E-state index < -0.39 is 0 Å². The normalized spacial score (nSPS) is 10.6. The molecule has 0 spiro atoms. The van der Waals surface area contributed by atoms with Crippen LogP contribution >= 0.6 is 11.3 Å². The van der Waals surface area contributed by atoms with Crippen molar-refractivity contribution in [2.75, 3.05) is 20.3 Å². The molecule has 0 unspecified atom stereocenters. The highest BCUT2D eigenvalue weighted by atomic mass is 32.1. The van der Waals surface area contributed by atoms with Crippen LogP contribution in [0, 0.1) is 12.7 Å². The van der Waals surface area contributed by atoms with Gasteiger partial charge >= 0.3 is 0 Å². The van der Waals surface area contributed by atoms with E-state index in [4.69, 9.17) is 4.74 Å². The van der Waals surface area contributed by atoms with Crippen LogP contribution < -0.4 is 0 Å². The summed E-state index contributed by atoms with van der Waals surface area (Å²) in [7, 11) is 1.61. The van der Waals surface area contributed by atoms with Gasteiger partial charge in [-0.3, -0.25) is 4.79 Å². The first-order valence-corrected chi connectivity index (χ1v) is 7.56. The molecule has 21 heavy (non-hydrogen) atoms. The van der Waals surface area contributed by atoms with Crippen molar-refractivity contribution in [3.8, 4) is 0 Å². The minimum atomic E-state index is -0.298. The molecular formula is C16H18FNO2S. The molecule has 0 radical (unpaired) electrons. The van der Waals surface area contributed by atoms with Gasteiger partial charge in [0.15, 0.2) is 0 Å². The second-order valence-corrected chi connectivity index (χ2v) is 5.80. The molecule has 0 atom stereocenters. The highest BCUT2D eigenvalue weighted by Crippen LogP contribution is 2.16. The number of rotatable bonds is 6. The lowest BCUT2D eigenvalue weighted by molar-refractivity contribution is 0.0682. The number of ether oxygens (including phenoxy) is 1. The molecule has 112 valence electrons. The fourth-order valence-corrected chi connectivity index (χ4v) is 2.72. The third-order valence-electron chi connectivity index (χ3n) is 3.18. The maximum atomic E-state index is 13.3. The number of carbonyl (C=O) groups excluding carboxylic acids is 1. The number of hydrogen-bond donors (Lipinski definition) is 0. The van der Waals surface area contributed by atoms with Crippen LogP contribution in [0.2, 0.25) is 0 Å². The first-order chi connectivity index (χ1) is 10.1. The summed E-state index contributed by atoms with van der Waals surface area (Å²) in [5.74, 6) is -0.406. The summed E-state index contributed by atoms with van der Waals surface area (Å²) in [5, 5.41) is 1.98. The van der Waals surface area contributed by atoms with Gasteiger partial charge in [-0.1, -0.05) is 6.07 Å². The molecule has 0 saturated carbocycles. The second kappa shape index (κ2) is 7.33. The molecule has 0 saturated heterocycles. The van der Waals surface area contributed by atoms with E-state index in [0.717, 1.165) is 4.88 Å². The second-order valence-electron chi connectivity index (χ2n) is 4.76. The van der Waals surface area contributed by atoms with Gasteiger partial charge in [0.05, 0.1) is 13.2 Å². The summed E-state index contributed by atoms with van der Waals surface area (Å²) >= 11 is 1.61. The molecule has 2 rings (SSSR count). The van der Waals surface area contributed by atoms with Gasteiger partial charge < -0.3 is 9.64 Å². The molecule has 2 aromatic rings. The standard InChI is InChI=1S/C16H18FNO2S/c1-12-10-13(5-6-15(12)17)16(19)18(7-8-20-2)11-14-4-3-9-21-14/h3-6,9-10H,7-8,11H2,1-2H3. The van der Waals surface area contributed by atoms with Crippen molar-refractivity contribution < 1.29 is 13.9 Å². The first kappa shape index (κ1) is 15.7. The molecule has 0 fully saturated rings. The highest BCUT2D eigenvalue weighted by Gasteiger charge is 2.17. The van der Waals surface area contributed by atoms with Gasteiger partial charge in [-0.2, -0.15) is 0 Å². The number of aryl methyl sites for hydroxylation is 1. The Bertz CT molecular complexity index is 598. The maximum Gasteiger partial charge on any atom is 0.254 e. The van der Waals surface area contributed by atoms with Gasteiger partial charge in [0, 0.05) is 24.1 Å². The van der Waals surface area contributed by atoms with E-state index in [0.29, 0.717) is 30.8 Å². The van der Waals surface area contributed by atoms with Crippen molar-refractivity contribution >= 4 is 17.2 Å². The van der Waals surface area contributed by atoms with E-state index in [1.54, 1.807) is 36.3 Å². The van der Waals surface area contributed by atoms with E-state index >= 15 is 0 Å². The Morgan fingerprint density at radius 3 is 2.81 bits per heavy atom. The Balaban J connectivity index is 2.18. The number of thiophene rings is 1. The molecule has 0 N–H and O–H groups in total. The van der Waals surface area contributed by atoms with Crippen molar-refractivity contribution in [3.63, 3.8) is 0 Å². The number of halogens is 1. The van der Waals surface area contributed by atoms with Gasteiger partial charge in [0.25, 0.3) is 5.91 Å². The number of amides is 1. The maximum absolute atomic E-state index is 13.3. The van der Waals surface area contributed by atoms with Crippen LogP contribution in [0.3, 0.4) is 0 Å². The van der Waals surface area contributed by atoms with Gasteiger partial charge in [-0.25, -0.2) is 4.39 Å². The monoisotopic (exact) mass is 307 g/mol. The summed E-state index contributed by atoms with van der Waals surface area (Å²) in [5.41, 5.74) is 0.977. The Morgan fingerprint density at radius 1 is 1.38 bits per heavy atom. The predicted octanol–water partition coefficient (Wildman–Crippen LogP) is 3.48. The first-order valence-electron chi connectivity index (χ1n) is 6.68. The smallest absolute Gasteiger partial charge is 0.254 e. The van der Waals surface area contributed by atoms with Crippen LogP contribution in [0.1, 0.15) is 20.8 Å². The van der Waals surface area contributed by atoms with Crippen LogP contribution in [-0.4, -0.2) is 31.1 Å². The SMILES string of the molecule is COCCN(Cc1cccs1)C(=O)c1ccc(F)c(C)c1. The molecule has 3 nitrogen and oxygen atoms in total. The molecule has 0 aliphatic heterocycles. The molecule has 0 bridgehead atoms. The zero-order chi connectivity index (χ0) is 15.2. The molecule has 1 heterocycles. The number of carbonyl (C=O) groups is 1. The van der Waals surface area contributed by atoms with Gasteiger partial charge in [-0.15, -0.1) is 11.3 Å². The van der Waals surface area contributed by atoms with Crippen LogP contribution in [0.15, 0.2) is 35.7 Å². The van der Waals surface area contributed by atoms with E-state index in [2.05, 4.69) is 0 Å². The van der Waals surface area contributed by atoms with E-state index in [-0.39, 0.29) is 11.7 Å². The summed E-state index contributed by atoms with van der Waals surface area (Å²) in [4.78, 5) is 15.4. The molecule has 1 aromatic carbocycles. The Kier molecular flexibility index (Phi) is 5.47. The van der Waals surface area contributed by atoms with E-state index in [1.807, 2.05) is 17.5 Å². The summed E-state index contributed by atoms with van der Waals surface area (Å²) in [6, 6.07) is 8.40. The lowest BCUT2D eigenvalue weighted by atomic mass is 10.1. The average Bonchev–Trinajstić information content (AvgIpc) is 2.98. The predicted molar refractivity (Wildman–Crippen MR) is 82.1 cm³/mol. The van der Waals surface area contributed by atoms with Crippen molar-refractivity contribution in [1.29, 1.82) is 0 Å². The fraction of sp³-hybridized carbons (Fsp3) is 0.312. The molecule has 1 aromatic heterocycles. The number of methoxy groups -OCH3 is 1. The van der Waals surface area contributed by atoms with Gasteiger partial charge in [0.2, 0.25) is 0 Å². The third-order valence-corrected chi connectivity index (χ3v) is 4.05. The van der Waals surface area contributed by atoms with Gasteiger partial charge in [0.1, 0.15) is 5.82 Å². The van der Waals surface area contributed by atoms with E-state index in [9.17, 15) is 9.18 Å². The van der Waals surface area contributed by atoms with Crippen LogP contribution in [0.4, 0.5) is 4.39 Å². The van der Waals surface area contributed by atoms with Crippen LogP contribution in [-0.2, 0) is 11.3 Å². The molecule has 0 aliphatic carbocycles.